The smallest absolute Gasteiger partial charge is 0.254 e. The van der Waals surface area contributed by atoms with Gasteiger partial charge < -0.3 is 9.80 Å². The number of benzene rings is 1. The molecule has 0 aliphatic carbocycles. The molecule has 0 radical (unpaired) electrons. The fourth-order valence-electron chi connectivity index (χ4n) is 4.33. The van der Waals surface area contributed by atoms with Gasteiger partial charge in [0.05, 0.1) is 19.1 Å². The number of rotatable bonds is 5. The standard InChI is InChI=1S/C19H28N2O/c1-3-4-12-21(19(22)15-8-6-5-7-9-15)18-13-16-10-11-17(14-18)20(16)2/h5-9,16-18H,3-4,10-14H2,1-2H3/p+1. The van der Waals surface area contributed by atoms with E-state index in [1.54, 1.807) is 4.90 Å². The lowest BCUT2D eigenvalue weighted by atomic mass is 9.95. The highest BCUT2D eigenvalue weighted by Crippen LogP contribution is 2.27. The van der Waals surface area contributed by atoms with Crippen LogP contribution < -0.4 is 4.90 Å². The molecule has 0 spiro atoms. The summed E-state index contributed by atoms with van der Waals surface area (Å²) >= 11 is 0. The zero-order valence-electron chi connectivity index (χ0n) is 13.9. The van der Waals surface area contributed by atoms with E-state index in [1.807, 2.05) is 30.3 Å². The Morgan fingerprint density at radius 2 is 1.82 bits per heavy atom. The van der Waals surface area contributed by atoms with Crippen molar-refractivity contribution in [3.63, 3.8) is 0 Å². The van der Waals surface area contributed by atoms with Crippen LogP contribution in [0.25, 0.3) is 0 Å². The lowest BCUT2D eigenvalue weighted by Crippen LogP contribution is -3.15. The monoisotopic (exact) mass is 301 g/mol. The van der Waals surface area contributed by atoms with Crippen molar-refractivity contribution in [3.05, 3.63) is 35.9 Å². The van der Waals surface area contributed by atoms with Crippen molar-refractivity contribution < 1.29 is 9.69 Å². The molecule has 3 rings (SSSR count). The minimum atomic E-state index is 0.234. The molecule has 2 aliphatic rings. The fourth-order valence-corrected chi connectivity index (χ4v) is 4.33. The molecule has 1 aromatic rings. The number of amides is 1. The van der Waals surface area contributed by atoms with Crippen molar-refractivity contribution in [1.29, 1.82) is 0 Å². The summed E-state index contributed by atoms with van der Waals surface area (Å²) in [5.41, 5.74) is 0.845. The molecule has 2 saturated heterocycles. The predicted octanol–water partition coefficient (Wildman–Crippen LogP) is 2.14. The molecular weight excluding hydrogens is 272 g/mol. The average Bonchev–Trinajstić information content (AvgIpc) is 2.77. The number of hydrogen-bond acceptors (Lipinski definition) is 1. The van der Waals surface area contributed by atoms with Gasteiger partial charge in [-0.15, -0.1) is 0 Å². The fraction of sp³-hybridized carbons (Fsp3) is 0.632. The van der Waals surface area contributed by atoms with Gasteiger partial charge in [0.2, 0.25) is 0 Å². The van der Waals surface area contributed by atoms with Gasteiger partial charge in [-0.2, -0.15) is 0 Å². The summed E-state index contributed by atoms with van der Waals surface area (Å²) in [7, 11) is 2.34. The maximum absolute atomic E-state index is 13.0. The van der Waals surface area contributed by atoms with Crippen LogP contribution in [0.15, 0.2) is 30.3 Å². The van der Waals surface area contributed by atoms with Crippen LogP contribution in [-0.2, 0) is 0 Å². The number of nitrogens with zero attached hydrogens (tertiary/aromatic N) is 1. The van der Waals surface area contributed by atoms with E-state index in [0.717, 1.165) is 37.0 Å². The third-order valence-electron chi connectivity index (χ3n) is 5.74. The highest BCUT2D eigenvalue weighted by molar-refractivity contribution is 5.94. The van der Waals surface area contributed by atoms with Gasteiger partial charge >= 0.3 is 0 Å². The molecule has 3 heteroatoms. The van der Waals surface area contributed by atoms with Gasteiger partial charge in [-0.3, -0.25) is 4.79 Å². The lowest BCUT2D eigenvalue weighted by molar-refractivity contribution is -0.922. The summed E-state index contributed by atoms with van der Waals surface area (Å²) in [4.78, 5) is 16.9. The Bertz CT molecular complexity index is 487. The Labute approximate surface area is 134 Å². The molecule has 22 heavy (non-hydrogen) atoms. The summed E-state index contributed by atoms with van der Waals surface area (Å²) in [6.45, 7) is 3.11. The van der Waals surface area contributed by atoms with E-state index < -0.39 is 0 Å². The number of unbranched alkanes of at least 4 members (excludes halogenated alkanes) is 1. The first kappa shape index (κ1) is 15.5. The number of hydrogen-bond donors (Lipinski definition) is 1. The number of carbonyl (C=O) groups is 1. The molecule has 2 aliphatic heterocycles. The van der Waals surface area contributed by atoms with E-state index in [9.17, 15) is 4.79 Å². The minimum absolute atomic E-state index is 0.234. The molecule has 2 heterocycles. The number of nitrogens with one attached hydrogen (secondary N) is 1. The van der Waals surface area contributed by atoms with Crippen molar-refractivity contribution >= 4 is 5.91 Å². The van der Waals surface area contributed by atoms with Crippen molar-refractivity contribution in [2.45, 2.75) is 63.6 Å². The molecule has 2 atom stereocenters. The van der Waals surface area contributed by atoms with Gasteiger partial charge in [-0.05, 0) is 18.6 Å². The Morgan fingerprint density at radius 3 is 2.41 bits per heavy atom. The summed E-state index contributed by atoms with van der Waals surface area (Å²) in [6.07, 6.45) is 7.30. The third kappa shape index (κ3) is 3.05. The zero-order valence-corrected chi connectivity index (χ0v) is 13.9. The lowest BCUT2D eigenvalue weighted by Gasteiger charge is -2.40. The van der Waals surface area contributed by atoms with Gasteiger partial charge in [-0.25, -0.2) is 0 Å². The number of fused-ring (bicyclic) bond motifs is 2. The topological polar surface area (TPSA) is 24.8 Å². The first-order chi connectivity index (χ1) is 10.7. The van der Waals surface area contributed by atoms with Gasteiger partial charge in [0.25, 0.3) is 5.91 Å². The van der Waals surface area contributed by atoms with E-state index in [0.29, 0.717) is 6.04 Å². The molecule has 0 saturated carbocycles. The molecule has 120 valence electrons. The summed E-state index contributed by atoms with van der Waals surface area (Å²) in [6, 6.07) is 11.8. The van der Waals surface area contributed by atoms with E-state index >= 15 is 0 Å². The minimum Gasteiger partial charge on any atom is -0.335 e. The second-order valence-electron chi connectivity index (χ2n) is 7.06. The molecule has 3 nitrogen and oxygen atoms in total. The van der Waals surface area contributed by atoms with Crippen LogP contribution in [0.3, 0.4) is 0 Å². The van der Waals surface area contributed by atoms with E-state index in [1.165, 1.54) is 25.7 Å². The predicted molar refractivity (Wildman–Crippen MR) is 89.1 cm³/mol. The quantitative estimate of drug-likeness (QED) is 0.885. The maximum atomic E-state index is 13.0. The Kier molecular flexibility index (Phi) is 4.82. The van der Waals surface area contributed by atoms with Crippen LogP contribution in [-0.4, -0.2) is 42.5 Å². The normalized spacial score (nSPS) is 30.3. The molecule has 2 unspecified atom stereocenters. The first-order valence-corrected chi connectivity index (χ1v) is 8.90. The third-order valence-corrected chi connectivity index (χ3v) is 5.74. The highest BCUT2D eigenvalue weighted by Gasteiger charge is 2.44. The highest BCUT2D eigenvalue weighted by atomic mass is 16.2. The van der Waals surface area contributed by atoms with E-state index in [-0.39, 0.29) is 5.91 Å². The van der Waals surface area contributed by atoms with Crippen LogP contribution in [0.1, 0.15) is 55.8 Å². The van der Waals surface area contributed by atoms with Crippen molar-refractivity contribution in [1.82, 2.24) is 4.90 Å². The van der Waals surface area contributed by atoms with E-state index in [2.05, 4.69) is 18.9 Å². The van der Waals surface area contributed by atoms with Crippen LogP contribution in [0.4, 0.5) is 0 Å². The van der Waals surface area contributed by atoms with Crippen molar-refractivity contribution in [3.8, 4) is 0 Å². The SMILES string of the molecule is CCCCN(C(=O)c1ccccc1)C1CC2CCC(C1)[NH+]2C. The number of carbonyl (C=O) groups excluding carboxylic acids is 1. The molecule has 2 bridgehead atoms. The summed E-state index contributed by atoms with van der Waals surface area (Å²) < 4.78 is 0. The van der Waals surface area contributed by atoms with Crippen molar-refractivity contribution in [2.75, 3.05) is 13.6 Å². The van der Waals surface area contributed by atoms with Gasteiger partial charge in [0, 0.05) is 43.8 Å². The average molecular weight is 301 g/mol. The zero-order chi connectivity index (χ0) is 15.5. The Balaban J connectivity index is 1.77. The van der Waals surface area contributed by atoms with Crippen LogP contribution in [0.5, 0.6) is 0 Å². The molecule has 1 amide bonds. The molecule has 1 aromatic carbocycles. The van der Waals surface area contributed by atoms with Gasteiger partial charge in [-0.1, -0.05) is 31.5 Å². The summed E-state index contributed by atoms with van der Waals surface area (Å²) in [5.74, 6) is 0.234. The van der Waals surface area contributed by atoms with E-state index in [4.69, 9.17) is 0 Å². The Hall–Kier alpha value is -1.35. The largest absolute Gasteiger partial charge is 0.335 e. The second-order valence-corrected chi connectivity index (χ2v) is 7.06. The van der Waals surface area contributed by atoms with Crippen molar-refractivity contribution in [2.24, 2.45) is 0 Å². The van der Waals surface area contributed by atoms with Gasteiger partial charge in [0.15, 0.2) is 0 Å². The Morgan fingerprint density at radius 1 is 1.18 bits per heavy atom. The molecule has 0 aromatic heterocycles. The number of piperidine rings is 1. The van der Waals surface area contributed by atoms with Crippen LogP contribution in [0.2, 0.25) is 0 Å². The van der Waals surface area contributed by atoms with Crippen LogP contribution >= 0.6 is 0 Å². The summed E-state index contributed by atoms with van der Waals surface area (Å²) in [5, 5.41) is 0. The molecular formula is C19H29N2O+. The second kappa shape index (κ2) is 6.82. The molecule has 2 fully saturated rings. The maximum Gasteiger partial charge on any atom is 0.254 e. The van der Waals surface area contributed by atoms with Crippen LogP contribution in [0, 0.1) is 0 Å². The molecule has 1 N–H and O–H groups in total. The first-order valence-electron chi connectivity index (χ1n) is 8.90. The number of quaternary nitrogens is 1. The van der Waals surface area contributed by atoms with Gasteiger partial charge in [0.1, 0.15) is 0 Å².